The highest BCUT2D eigenvalue weighted by molar-refractivity contribution is 5.77. The maximum atomic E-state index is 11.9. The first kappa shape index (κ1) is 21.3. The van der Waals surface area contributed by atoms with Gasteiger partial charge >= 0.3 is 0 Å². The summed E-state index contributed by atoms with van der Waals surface area (Å²) in [6, 6.07) is 12.6. The van der Waals surface area contributed by atoms with E-state index in [0.29, 0.717) is 19.2 Å². The van der Waals surface area contributed by atoms with E-state index in [1.807, 2.05) is 36.5 Å². The molecule has 1 aliphatic rings. The molecule has 6 nitrogen and oxygen atoms in total. The molecule has 2 aromatic rings. The molecule has 29 heavy (non-hydrogen) atoms. The average molecular weight is 397 g/mol. The minimum Gasteiger partial charge on any atom is -0.489 e. The SMILES string of the molecule is CCCNC(=O)CN1CCC(NCc2ccccc2OCc2cccnc2)CC1. The molecule has 1 fully saturated rings. The van der Waals surface area contributed by atoms with E-state index in [0.717, 1.165) is 62.3 Å². The number of hydrogen-bond donors (Lipinski definition) is 2. The summed E-state index contributed by atoms with van der Waals surface area (Å²) in [4.78, 5) is 18.3. The molecule has 1 aromatic carbocycles. The van der Waals surface area contributed by atoms with Gasteiger partial charge in [0.1, 0.15) is 12.4 Å². The highest BCUT2D eigenvalue weighted by Crippen LogP contribution is 2.20. The van der Waals surface area contributed by atoms with E-state index < -0.39 is 0 Å². The lowest BCUT2D eigenvalue weighted by Gasteiger charge is -2.32. The van der Waals surface area contributed by atoms with Crippen molar-refractivity contribution in [1.29, 1.82) is 0 Å². The first-order chi connectivity index (χ1) is 14.2. The molecule has 0 aliphatic carbocycles. The van der Waals surface area contributed by atoms with Crippen molar-refractivity contribution in [3.05, 3.63) is 59.9 Å². The minimum atomic E-state index is 0.137. The van der Waals surface area contributed by atoms with Crippen LogP contribution in [0.25, 0.3) is 0 Å². The molecule has 1 aliphatic heterocycles. The van der Waals surface area contributed by atoms with Crippen molar-refractivity contribution in [1.82, 2.24) is 20.5 Å². The molecule has 1 saturated heterocycles. The van der Waals surface area contributed by atoms with Crippen LogP contribution in [0.3, 0.4) is 0 Å². The number of nitrogens with zero attached hydrogens (tertiary/aromatic N) is 2. The fourth-order valence-corrected chi connectivity index (χ4v) is 3.51. The number of carbonyl (C=O) groups is 1. The molecule has 0 atom stereocenters. The van der Waals surface area contributed by atoms with Crippen LogP contribution in [0.2, 0.25) is 0 Å². The standard InChI is InChI=1S/C23H32N4O2/c1-2-11-25-23(28)17-27-13-9-21(10-14-27)26-16-20-7-3-4-8-22(20)29-18-19-6-5-12-24-15-19/h3-8,12,15,21,26H,2,9-11,13-14,16-18H2,1H3,(H,25,28). The van der Waals surface area contributed by atoms with Gasteiger partial charge in [0.15, 0.2) is 0 Å². The van der Waals surface area contributed by atoms with Crippen molar-refractivity contribution < 1.29 is 9.53 Å². The lowest BCUT2D eigenvalue weighted by atomic mass is 10.0. The number of hydrogen-bond acceptors (Lipinski definition) is 5. The monoisotopic (exact) mass is 396 g/mol. The molecular formula is C23H32N4O2. The van der Waals surface area contributed by atoms with Crippen molar-refractivity contribution in [3.63, 3.8) is 0 Å². The molecule has 2 N–H and O–H groups in total. The Kier molecular flexibility index (Phi) is 8.46. The van der Waals surface area contributed by atoms with Crippen LogP contribution in [0.5, 0.6) is 5.75 Å². The van der Waals surface area contributed by atoms with Crippen LogP contribution in [-0.4, -0.2) is 48.0 Å². The predicted octanol–water partition coefficient (Wildman–Crippen LogP) is 2.74. The Morgan fingerprint density at radius 1 is 1.21 bits per heavy atom. The number of nitrogens with one attached hydrogen (secondary N) is 2. The largest absolute Gasteiger partial charge is 0.489 e. The fourth-order valence-electron chi connectivity index (χ4n) is 3.51. The van der Waals surface area contributed by atoms with E-state index in [1.54, 1.807) is 6.20 Å². The zero-order valence-electron chi connectivity index (χ0n) is 17.3. The number of rotatable bonds is 10. The number of benzene rings is 1. The Morgan fingerprint density at radius 2 is 2.03 bits per heavy atom. The van der Waals surface area contributed by atoms with Crippen molar-refractivity contribution in [3.8, 4) is 5.75 Å². The highest BCUT2D eigenvalue weighted by Gasteiger charge is 2.20. The lowest BCUT2D eigenvalue weighted by Crippen LogP contribution is -2.46. The van der Waals surface area contributed by atoms with Gasteiger partial charge in [-0.2, -0.15) is 0 Å². The van der Waals surface area contributed by atoms with Gasteiger partial charge in [0.25, 0.3) is 0 Å². The lowest BCUT2D eigenvalue weighted by molar-refractivity contribution is -0.122. The molecule has 2 heterocycles. The van der Waals surface area contributed by atoms with E-state index >= 15 is 0 Å². The minimum absolute atomic E-state index is 0.137. The van der Waals surface area contributed by atoms with E-state index in [2.05, 4.69) is 33.5 Å². The second-order valence-electron chi connectivity index (χ2n) is 7.54. The van der Waals surface area contributed by atoms with E-state index in [4.69, 9.17) is 4.74 Å². The molecule has 0 spiro atoms. The average Bonchev–Trinajstić information content (AvgIpc) is 2.77. The third-order valence-corrected chi connectivity index (χ3v) is 5.20. The summed E-state index contributed by atoms with van der Waals surface area (Å²) >= 11 is 0. The number of carbonyl (C=O) groups excluding carboxylic acids is 1. The number of likely N-dealkylation sites (tertiary alicyclic amines) is 1. The van der Waals surface area contributed by atoms with Gasteiger partial charge < -0.3 is 15.4 Å². The number of para-hydroxylation sites is 1. The third-order valence-electron chi connectivity index (χ3n) is 5.20. The molecule has 0 bridgehead atoms. The summed E-state index contributed by atoms with van der Waals surface area (Å²) in [5.74, 6) is 1.05. The van der Waals surface area contributed by atoms with Gasteiger partial charge in [0.05, 0.1) is 6.54 Å². The summed E-state index contributed by atoms with van der Waals surface area (Å²) in [6.45, 7) is 6.55. The summed E-state index contributed by atoms with van der Waals surface area (Å²) < 4.78 is 6.02. The van der Waals surface area contributed by atoms with Crippen molar-refractivity contribution >= 4 is 5.91 Å². The normalized spacial score (nSPS) is 15.2. The number of pyridine rings is 1. The molecule has 156 valence electrons. The summed E-state index contributed by atoms with van der Waals surface area (Å²) in [5, 5.41) is 6.62. The maximum absolute atomic E-state index is 11.9. The van der Waals surface area contributed by atoms with Crippen molar-refractivity contribution in [2.24, 2.45) is 0 Å². The molecule has 1 amide bonds. The van der Waals surface area contributed by atoms with Crippen LogP contribution in [0.15, 0.2) is 48.8 Å². The molecule has 3 rings (SSSR count). The quantitative estimate of drug-likeness (QED) is 0.646. The van der Waals surface area contributed by atoms with Crippen LogP contribution in [0.1, 0.15) is 37.3 Å². The summed E-state index contributed by atoms with van der Waals surface area (Å²) in [7, 11) is 0. The van der Waals surface area contributed by atoms with Crippen LogP contribution < -0.4 is 15.4 Å². The molecular weight excluding hydrogens is 364 g/mol. The predicted molar refractivity (Wildman–Crippen MR) is 115 cm³/mol. The Balaban J connectivity index is 1.42. The Morgan fingerprint density at radius 3 is 2.79 bits per heavy atom. The maximum Gasteiger partial charge on any atom is 0.234 e. The zero-order valence-corrected chi connectivity index (χ0v) is 17.3. The zero-order chi connectivity index (χ0) is 20.3. The summed E-state index contributed by atoms with van der Waals surface area (Å²) in [6.07, 6.45) is 6.69. The van der Waals surface area contributed by atoms with Gasteiger partial charge in [0, 0.05) is 55.7 Å². The topological polar surface area (TPSA) is 66.5 Å². The van der Waals surface area contributed by atoms with Gasteiger partial charge in [-0.15, -0.1) is 0 Å². The van der Waals surface area contributed by atoms with E-state index in [9.17, 15) is 4.79 Å². The molecule has 0 saturated carbocycles. The Labute approximate surface area is 173 Å². The van der Waals surface area contributed by atoms with E-state index in [1.165, 1.54) is 0 Å². The van der Waals surface area contributed by atoms with Gasteiger partial charge in [-0.05, 0) is 31.4 Å². The number of amides is 1. The van der Waals surface area contributed by atoms with Gasteiger partial charge in [0.2, 0.25) is 5.91 Å². The van der Waals surface area contributed by atoms with Gasteiger partial charge in [-0.1, -0.05) is 31.2 Å². The highest BCUT2D eigenvalue weighted by atomic mass is 16.5. The van der Waals surface area contributed by atoms with Crippen LogP contribution >= 0.6 is 0 Å². The Hall–Kier alpha value is -2.44. The first-order valence-electron chi connectivity index (χ1n) is 10.6. The molecule has 0 unspecified atom stereocenters. The third kappa shape index (κ3) is 7.15. The number of piperidine rings is 1. The van der Waals surface area contributed by atoms with Crippen molar-refractivity contribution in [2.45, 2.75) is 45.4 Å². The Bertz CT molecular complexity index is 746. The van der Waals surface area contributed by atoms with E-state index in [-0.39, 0.29) is 5.91 Å². The van der Waals surface area contributed by atoms with Crippen molar-refractivity contribution in [2.75, 3.05) is 26.2 Å². The van der Waals surface area contributed by atoms with Gasteiger partial charge in [-0.3, -0.25) is 14.7 Å². The van der Waals surface area contributed by atoms with Crippen LogP contribution in [0.4, 0.5) is 0 Å². The van der Waals surface area contributed by atoms with Crippen LogP contribution in [0, 0.1) is 0 Å². The second-order valence-corrected chi connectivity index (χ2v) is 7.54. The number of aromatic nitrogens is 1. The fraction of sp³-hybridized carbons (Fsp3) is 0.478. The smallest absolute Gasteiger partial charge is 0.234 e. The first-order valence-corrected chi connectivity index (χ1v) is 10.6. The summed E-state index contributed by atoms with van der Waals surface area (Å²) in [5.41, 5.74) is 2.23. The van der Waals surface area contributed by atoms with Gasteiger partial charge in [-0.25, -0.2) is 0 Å². The van der Waals surface area contributed by atoms with Crippen LogP contribution in [-0.2, 0) is 17.9 Å². The molecule has 1 aromatic heterocycles. The molecule has 0 radical (unpaired) electrons. The number of ether oxygens (including phenoxy) is 1. The molecule has 6 heteroatoms. The second kappa shape index (κ2) is 11.5.